The van der Waals surface area contributed by atoms with Crippen molar-refractivity contribution in [2.75, 3.05) is 0 Å². The Morgan fingerprint density at radius 1 is 0.926 bits per heavy atom. The van der Waals surface area contributed by atoms with Crippen LogP contribution >= 0.6 is 0 Å². The number of nitrogens with zero attached hydrogens (tertiary/aromatic N) is 3. The third-order valence-corrected chi connectivity index (χ3v) is 4.84. The summed E-state index contributed by atoms with van der Waals surface area (Å²) in [6.07, 6.45) is 1.89. The smallest absolute Gasteiger partial charge is 0.0695 e. The molecule has 0 aliphatic heterocycles. The van der Waals surface area contributed by atoms with Crippen LogP contribution in [0.2, 0.25) is 0 Å². The molecule has 2 heterocycles. The van der Waals surface area contributed by atoms with Crippen LogP contribution in [0.3, 0.4) is 0 Å². The van der Waals surface area contributed by atoms with Crippen LogP contribution in [0.5, 0.6) is 0 Å². The molecule has 0 radical (unpaired) electrons. The summed E-state index contributed by atoms with van der Waals surface area (Å²) in [4.78, 5) is 0. The molecule has 0 amide bonds. The van der Waals surface area contributed by atoms with Gasteiger partial charge in [0, 0.05) is 29.9 Å². The van der Waals surface area contributed by atoms with Crippen molar-refractivity contribution in [2.45, 2.75) is 26.9 Å². The predicted molar refractivity (Wildman–Crippen MR) is 108 cm³/mol. The molecule has 4 rings (SSSR count). The van der Waals surface area contributed by atoms with E-state index in [-0.39, 0.29) is 0 Å². The van der Waals surface area contributed by atoms with Gasteiger partial charge in [-0.1, -0.05) is 48.5 Å². The number of nitrogens with one attached hydrogen (secondary N) is 2. The van der Waals surface area contributed by atoms with Gasteiger partial charge in [0.25, 0.3) is 0 Å². The van der Waals surface area contributed by atoms with Crippen LogP contribution in [0.25, 0.3) is 16.9 Å². The van der Waals surface area contributed by atoms with Gasteiger partial charge in [0.2, 0.25) is 0 Å². The molecule has 0 atom stereocenters. The fourth-order valence-electron chi connectivity index (χ4n) is 3.37. The molecule has 136 valence electrons. The van der Waals surface area contributed by atoms with Crippen LogP contribution in [-0.4, -0.2) is 20.0 Å². The van der Waals surface area contributed by atoms with Crippen LogP contribution in [0.4, 0.5) is 0 Å². The molecule has 2 N–H and O–H groups in total. The first-order valence-corrected chi connectivity index (χ1v) is 9.13. The summed E-state index contributed by atoms with van der Waals surface area (Å²) in [6.45, 7) is 5.70. The van der Waals surface area contributed by atoms with E-state index in [9.17, 15) is 0 Å². The Morgan fingerprint density at radius 2 is 1.63 bits per heavy atom. The summed E-state index contributed by atoms with van der Waals surface area (Å²) in [5.41, 5.74) is 7.93. The molecule has 5 heteroatoms. The maximum atomic E-state index is 4.72. The third kappa shape index (κ3) is 3.55. The number of rotatable bonds is 6. The number of benzene rings is 2. The number of aromatic amines is 1. The Kier molecular flexibility index (Phi) is 4.85. The minimum atomic E-state index is 0.746. The second kappa shape index (κ2) is 7.60. The van der Waals surface area contributed by atoms with E-state index >= 15 is 0 Å². The third-order valence-electron chi connectivity index (χ3n) is 4.84. The monoisotopic (exact) mass is 357 g/mol. The van der Waals surface area contributed by atoms with Gasteiger partial charge in [-0.25, -0.2) is 4.68 Å². The largest absolute Gasteiger partial charge is 0.308 e. The lowest BCUT2D eigenvalue weighted by molar-refractivity contribution is 0.688. The molecule has 27 heavy (non-hydrogen) atoms. The van der Waals surface area contributed by atoms with E-state index in [0.29, 0.717) is 0 Å². The second-order valence-corrected chi connectivity index (χ2v) is 6.64. The first-order valence-electron chi connectivity index (χ1n) is 9.13. The van der Waals surface area contributed by atoms with E-state index in [4.69, 9.17) is 5.10 Å². The van der Waals surface area contributed by atoms with Gasteiger partial charge in [0.15, 0.2) is 0 Å². The SMILES string of the molecule is Cc1nn(-c2ccccc2)c(C)c1CNCc1cn[nH]c1-c1ccccc1. The van der Waals surface area contributed by atoms with Crippen molar-refractivity contribution in [1.29, 1.82) is 0 Å². The molecule has 0 spiro atoms. The van der Waals surface area contributed by atoms with Crippen molar-refractivity contribution < 1.29 is 0 Å². The Hall–Kier alpha value is -3.18. The summed E-state index contributed by atoms with van der Waals surface area (Å²) >= 11 is 0. The van der Waals surface area contributed by atoms with Gasteiger partial charge in [-0.05, 0) is 31.5 Å². The number of hydrogen-bond donors (Lipinski definition) is 2. The van der Waals surface area contributed by atoms with Crippen molar-refractivity contribution in [3.63, 3.8) is 0 Å². The average Bonchev–Trinajstić information content (AvgIpc) is 3.29. The summed E-state index contributed by atoms with van der Waals surface area (Å²) in [6, 6.07) is 20.5. The predicted octanol–water partition coefficient (Wildman–Crippen LogP) is 4.17. The number of para-hydroxylation sites is 1. The van der Waals surface area contributed by atoms with Gasteiger partial charge in [-0.15, -0.1) is 0 Å². The van der Waals surface area contributed by atoms with Crippen LogP contribution < -0.4 is 5.32 Å². The Balaban J connectivity index is 1.48. The second-order valence-electron chi connectivity index (χ2n) is 6.64. The van der Waals surface area contributed by atoms with Crippen LogP contribution in [-0.2, 0) is 13.1 Å². The van der Waals surface area contributed by atoms with Gasteiger partial charge in [0.1, 0.15) is 0 Å². The van der Waals surface area contributed by atoms with E-state index < -0.39 is 0 Å². The standard InChI is InChI=1S/C22H23N5/c1-16-21(17(2)27(26-16)20-11-7-4-8-12-20)15-23-13-19-14-24-25-22(19)18-9-5-3-6-10-18/h3-12,14,23H,13,15H2,1-2H3,(H,24,25). The van der Waals surface area contributed by atoms with Gasteiger partial charge in [-0.2, -0.15) is 10.2 Å². The zero-order valence-corrected chi connectivity index (χ0v) is 15.6. The molecule has 2 aromatic heterocycles. The molecule has 0 unspecified atom stereocenters. The number of aromatic nitrogens is 4. The summed E-state index contributed by atoms with van der Waals surface area (Å²) in [5.74, 6) is 0. The molecule has 4 aromatic rings. The molecule has 0 saturated heterocycles. The summed E-state index contributed by atoms with van der Waals surface area (Å²) < 4.78 is 2.01. The van der Waals surface area contributed by atoms with Gasteiger partial charge in [0.05, 0.1) is 23.3 Å². The fourth-order valence-corrected chi connectivity index (χ4v) is 3.37. The van der Waals surface area contributed by atoms with Crippen molar-refractivity contribution in [3.05, 3.63) is 89.4 Å². The van der Waals surface area contributed by atoms with Crippen molar-refractivity contribution in [2.24, 2.45) is 0 Å². The van der Waals surface area contributed by atoms with Gasteiger partial charge < -0.3 is 5.32 Å². The first-order chi connectivity index (χ1) is 13.2. The lowest BCUT2D eigenvalue weighted by atomic mass is 10.1. The van der Waals surface area contributed by atoms with E-state index in [1.54, 1.807) is 0 Å². The summed E-state index contributed by atoms with van der Waals surface area (Å²) in [7, 11) is 0. The quantitative estimate of drug-likeness (QED) is 0.544. The highest BCUT2D eigenvalue weighted by atomic mass is 15.3. The zero-order chi connectivity index (χ0) is 18.6. The van der Waals surface area contributed by atoms with Gasteiger partial charge >= 0.3 is 0 Å². The van der Waals surface area contributed by atoms with Crippen molar-refractivity contribution in [1.82, 2.24) is 25.3 Å². The lowest BCUT2D eigenvalue weighted by Crippen LogP contribution is -2.14. The molecule has 2 aromatic carbocycles. The fraction of sp³-hybridized carbons (Fsp3) is 0.182. The molecule has 0 saturated carbocycles. The maximum absolute atomic E-state index is 4.72. The molecular weight excluding hydrogens is 334 g/mol. The van der Waals surface area contributed by atoms with Crippen molar-refractivity contribution >= 4 is 0 Å². The topological polar surface area (TPSA) is 58.5 Å². The average molecular weight is 357 g/mol. The van der Waals surface area contributed by atoms with E-state index in [0.717, 1.165) is 41.3 Å². The minimum Gasteiger partial charge on any atom is -0.308 e. The lowest BCUT2D eigenvalue weighted by Gasteiger charge is -2.08. The molecule has 0 aliphatic rings. The highest BCUT2D eigenvalue weighted by molar-refractivity contribution is 5.62. The highest BCUT2D eigenvalue weighted by Gasteiger charge is 2.13. The van der Waals surface area contributed by atoms with Crippen LogP contribution in [0.1, 0.15) is 22.5 Å². The van der Waals surface area contributed by atoms with E-state index in [2.05, 4.69) is 53.6 Å². The summed E-state index contributed by atoms with van der Waals surface area (Å²) in [5, 5.41) is 15.6. The van der Waals surface area contributed by atoms with E-state index in [1.807, 2.05) is 47.3 Å². The number of aryl methyl sites for hydroxylation is 1. The van der Waals surface area contributed by atoms with Crippen LogP contribution in [0, 0.1) is 13.8 Å². The number of hydrogen-bond acceptors (Lipinski definition) is 3. The number of H-pyrrole nitrogens is 1. The normalized spacial score (nSPS) is 11.0. The highest BCUT2D eigenvalue weighted by Crippen LogP contribution is 2.21. The molecule has 0 aliphatic carbocycles. The zero-order valence-electron chi connectivity index (χ0n) is 15.6. The molecular formula is C22H23N5. The Morgan fingerprint density at radius 3 is 2.37 bits per heavy atom. The Labute approximate surface area is 159 Å². The Bertz CT molecular complexity index is 1020. The molecule has 0 bridgehead atoms. The minimum absolute atomic E-state index is 0.746. The first kappa shape index (κ1) is 17.2. The van der Waals surface area contributed by atoms with E-state index in [1.165, 1.54) is 11.3 Å². The van der Waals surface area contributed by atoms with Gasteiger partial charge in [-0.3, -0.25) is 5.10 Å². The van der Waals surface area contributed by atoms with Crippen molar-refractivity contribution in [3.8, 4) is 16.9 Å². The molecule has 5 nitrogen and oxygen atoms in total. The van der Waals surface area contributed by atoms with Crippen LogP contribution in [0.15, 0.2) is 66.9 Å². The maximum Gasteiger partial charge on any atom is 0.0695 e. The molecule has 0 fully saturated rings.